The number of methoxy groups -OCH3 is 2. The van der Waals surface area contributed by atoms with Crippen LogP contribution in [0.1, 0.15) is 25.6 Å². The molecule has 0 aliphatic rings. The number of rotatable bonds is 9. The number of nitrogens with zero attached hydrogens (tertiary/aromatic N) is 6. The van der Waals surface area contributed by atoms with E-state index < -0.39 is 21.2 Å². The van der Waals surface area contributed by atoms with Crippen molar-refractivity contribution in [3.8, 4) is 28.7 Å². The molecule has 202 valence electrons. The fourth-order valence-electron chi connectivity index (χ4n) is 4.16. The molecule has 39 heavy (non-hydrogen) atoms. The number of aromatic amines is 1. The van der Waals surface area contributed by atoms with Crippen molar-refractivity contribution < 1.29 is 17.9 Å². The third-order valence-electron chi connectivity index (χ3n) is 6.45. The molecule has 0 aliphatic heterocycles. The first-order chi connectivity index (χ1) is 18.7. The summed E-state index contributed by atoms with van der Waals surface area (Å²) in [7, 11) is -1.02. The molecular formula is C25H25ClN8O4S. The van der Waals surface area contributed by atoms with Crippen LogP contribution in [0.2, 0.25) is 5.02 Å². The molecule has 0 unspecified atom stereocenters. The summed E-state index contributed by atoms with van der Waals surface area (Å²) in [6, 6.07) is 12.7. The van der Waals surface area contributed by atoms with Gasteiger partial charge < -0.3 is 9.47 Å². The molecule has 0 saturated carbocycles. The van der Waals surface area contributed by atoms with Crippen molar-refractivity contribution in [3.63, 3.8) is 0 Å². The Morgan fingerprint density at radius 3 is 2.31 bits per heavy atom. The van der Waals surface area contributed by atoms with Crippen molar-refractivity contribution in [2.24, 2.45) is 0 Å². The largest absolute Gasteiger partial charge is 0.494 e. The molecule has 2 atom stereocenters. The van der Waals surface area contributed by atoms with Gasteiger partial charge in [0.05, 0.1) is 30.0 Å². The molecule has 0 radical (unpaired) electrons. The van der Waals surface area contributed by atoms with Crippen molar-refractivity contribution >= 4 is 38.5 Å². The Balaban J connectivity index is 1.65. The molecule has 3 heterocycles. The SMILES string of the molecule is COc1cccc(OC)c1-n1c(NS(=O)(=O)[C@@H](C)[C@H](C)c2ncc(Cl)cn2)nnc1-c1n[nH]c2ccccc12. The molecule has 5 aromatic rings. The lowest BCUT2D eigenvalue weighted by Crippen LogP contribution is -2.31. The number of aromatic nitrogens is 7. The molecule has 3 aromatic heterocycles. The van der Waals surface area contributed by atoms with Gasteiger partial charge in [0.1, 0.15) is 28.7 Å². The highest BCUT2D eigenvalue weighted by Crippen LogP contribution is 2.39. The number of ether oxygens (including phenoxy) is 2. The second-order valence-electron chi connectivity index (χ2n) is 8.71. The quantitative estimate of drug-likeness (QED) is 0.266. The van der Waals surface area contributed by atoms with Gasteiger partial charge in [-0.25, -0.2) is 18.4 Å². The Hall–Kier alpha value is -4.23. The summed E-state index contributed by atoms with van der Waals surface area (Å²) in [6.07, 6.45) is 2.86. The number of para-hydroxylation sites is 2. The Bertz CT molecular complexity index is 1710. The number of H-pyrrole nitrogens is 1. The van der Waals surface area contributed by atoms with Gasteiger partial charge in [-0.3, -0.25) is 14.4 Å². The van der Waals surface area contributed by atoms with E-state index in [0.717, 1.165) is 10.9 Å². The number of anilines is 1. The van der Waals surface area contributed by atoms with E-state index >= 15 is 0 Å². The summed E-state index contributed by atoms with van der Waals surface area (Å²) in [5.41, 5.74) is 1.64. The number of benzene rings is 2. The van der Waals surface area contributed by atoms with Crippen molar-refractivity contribution in [2.45, 2.75) is 25.0 Å². The topological polar surface area (TPSA) is 150 Å². The van der Waals surface area contributed by atoms with Crippen molar-refractivity contribution in [2.75, 3.05) is 18.9 Å². The number of hydrogen-bond acceptors (Lipinski definition) is 9. The first-order valence-electron chi connectivity index (χ1n) is 11.8. The molecule has 0 saturated heterocycles. The third kappa shape index (κ3) is 4.86. The van der Waals surface area contributed by atoms with E-state index in [9.17, 15) is 8.42 Å². The molecule has 2 N–H and O–H groups in total. The predicted octanol–water partition coefficient (Wildman–Crippen LogP) is 4.21. The zero-order valence-corrected chi connectivity index (χ0v) is 23.0. The third-order valence-corrected chi connectivity index (χ3v) is 8.49. The van der Waals surface area contributed by atoms with Crippen molar-refractivity contribution in [1.82, 2.24) is 34.9 Å². The lowest BCUT2D eigenvalue weighted by Gasteiger charge is -2.21. The minimum atomic E-state index is -4.03. The summed E-state index contributed by atoms with van der Waals surface area (Å²) < 4.78 is 42.6. The van der Waals surface area contributed by atoms with E-state index in [1.165, 1.54) is 31.2 Å². The average Bonchev–Trinajstić information content (AvgIpc) is 3.55. The average molecular weight is 569 g/mol. The normalized spacial score (nSPS) is 13.3. The minimum absolute atomic E-state index is 0.0732. The van der Waals surface area contributed by atoms with Gasteiger partial charge >= 0.3 is 0 Å². The van der Waals surface area contributed by atoms with Crippen LogP contribution >= 0.6 is 11.6 Å². The van der Waals surface area contributed by atoms with Crippen LogP contribution in [0.5, 0.6) is 11.5 Å². The van der Waals surface area contributed by atoms with Crippen molar-refractivity contribution in [1.29, 1.82) is 0 Å². The van der Waals surface area contributed by atoms with Gasteiger partial charge in [-0.1, -0.05) is 42.8 Å². The zero-order valence-electron chi connectivity index (χ0n) is 21.5. The number of hydrogen-bond donors (Lipinski definition) is 2. The van der Waals surface area contributed by atoms with Crippen LogP contribution in [0.15, 0.2) is 54.9 Å². The van der Waals surface area contributed by atoms with E-state index in [4.69, 9.17) is 21.1 Å². The molecule has 14 heteroatoms. The number of halogens is 1. The maximum absolute atomic E-state index is 13.6. The van der Waals surface area contributed by atoms with Crippen LogP contribution in [-0.4, -0.2) is 62.8 Å². The van der Waals surface area contributed by atoms with Crippen LogP contribution in [0.25, 0.3) is 28.1 Å². The maximum Gasteiger partial charge on any atom is 0.243 e. The monoisotopic (exact) mass is 568 g/mol. The maximum atomic E-state index is 13.6. The summed E-state index contributed by atoms with van der Waals surface area (Å²) >= 11 is 5.90. The summed E-state index contributed by atoms with van der Waals surface area (Å²) in [5.74, 6) is 0.796. The fourth-order valence-corrected chi connectivity index (χ4v) is 5.49. The predicted molar refractivity (Wildman–Crippen MR) is 147 cm³/mol. The number of sulfonamides is 1. The standard InChI is InChI=1S/C25H25ClN8O4S/c1-14(23-27-12-16(26)13-28-23)15(2)39(35,36)33-25-32-31-24(21-17-8-5-6-9-18(17)29-30-21)34(25)22-19(37-3)10-7-11-20(22)38-4/h5-15H,1-4H3,(H,29,30)(H,32,33)/t14-,15-/m0/s1. The van der Waals surface area contributed by atoms with Crippen molar-refractivity contribution in [3.05, 3.63) is 65.7 Å². The van der Waals surface area contributed by atoms with Gasteiger partial charge in [-0.2, -0.15) is 5.10 Å². The second-order valence-corrected chi connectivity index (χ2v) is 11.2. The molecule has 0 amide bonds. The fraction of sp³-hybridized carbons (Fsp3) is 0.240. The van der Waals surface area contributed by atoms with Gasteiger partial charge in [0.15, 0.2) is 5.82 Å². The Morgan fingerprint density at radius 2 is 1.64 bits per heavy atom. The molecule has 2 aromatic carbocycles. The zero-order chi connectivity index (χ0) is 27.7. The molecule has 0 aliphatic carbocycles. The summed E-state index contributed by atoms with van der Waals surface area (Å²) in [6.45, 7) is 3.29. The highest BCUT2D eigenvalue weighted by atomic mass is 35.5. The van der Waals surface area contributed by atoms with Crippen LogP contribution in [-0.2, 0) is 10.0 Å². The molecule has 0 fully saturated rings. The van der Waals surface area contributed by atoms with Gasteiger partial charge in [0.25, 0.3) is 0 Å². The van der Waals surface area contributed by atoms with Gasteiger partial charge in [-0.15, -0.1) is 10.2 Å². The second kappa shape index (κ2) is 10.5. The van der Waals surface area contributed by atoms with Gasteiger partial charge in [0, 0.05) is 23.7 Å². The number of fused-ring (bicyclic) bond motifs is 1. The summed E-state index contributed by atoms with van der Waals surface area (Å²) in [4.78, 5) is 8.37. The molecule has 0 bridgehead atoms. The highest BCUT2D eigenvalue weighted by Gasteiger charge is 2.33. The first-order valence-corrected chi connectivity index (χ1v) is 13.8. The Morgan fingerprint density at radius 1 is 0.974 bits per heavy atom. The number of nitrogens with one attached hydrogen (secondary N) is 2. The highest BCUT2D eigenvalue weighted by molar-refractivity contribution is 7.93. The smallest absolute Gasteiger partial charge is 0.243 e. The lowest BCUT2D eigenvalue weighted by atomic mass is 10.1. The lowest BCUT2D eigenvalue weighted by molar-refractivity contribution is 0.391. The van der Waals surface area contributed by atoms with E-state index in [1.807, 2.05) is 24.3 Å². The first kappa shape index (κ1) is 26.4. The molecular weight excluding hydrogens is 544 g/mol. The van der Waals surface area contributed by atoms with Crippen LogP contribution in [0, 0.1) is 0 Å². The van der Waals surface area contributed by atoms with Crippen LogP contribution in [0.4, 0.5) is 5.95 Å². The minimum Gasteiger partial charge on any atom is -0.494 e. The van der Waals surface area contributed by atoms with E-state index in [2.05, 4.69) is 35.1 Å². The van der Waals surface area contributed by atoms with E-state index in [-0.39, 0.29) is 11.8 Å². The van der Waals surface area contributed by atoms with Crippen LogP contribution < -0.4 is 14.2 Å². The summed E-state index contributed by atoms with van der Waals surface area (Å²) in [5, 5.41) is 16.2. The molecule has 0 spiro atoms. The molecule has 12 nitrogen and oxygen atoms in total. The van der Waals surface area contributed by atoms with Gasteiger partial charge in [-0.05, 0) is 25.1 Å². The van der Waals surface area contributed by atoms with Crippen LogP contribution in [0.3, 0.4) is 0 Å². The Kier molecular flexibility index (Phi) is 7.10. The van der Waals surface area contributed by atoms with E-state index in [0.29, 0.717) is 33.7 Å². The Labute approximate surface area is 229 Å². The molecule has 5 rings (SSSR count). The van der Waals surface area contributed by atoms with E-state index in [1.54, 1.807) is 32.0 Å². The van der Waals surface area contributed by atoms with Gasteiger partial charge in [0.2, 0.25) is 16.0 Å².